The number of halogens is 1. The Morgan fingerprint density at radius 3 is 2.23 bits per heavy atom. The first-order chi connectivity index (χ1) is 12.3. The van der Waals surface area contributed by atoms with Crippen molar-refractivity contribution in [1.29, 1.82) is 0 Å². The summed E-state index contributed by atoms with van der Waals surface area (Å²) in [5.74, 6) is 0.407. The number of primary sulfonamides is 1. The van der Waals surface area contributed by atoms with Gasteiger partial charge in [0.2, 0.25) is 10.0 Å². The highest BCUT2D eigenvalue weighted by Crippen LogP contribution is 2.34. The second kappa shape index (κ2) is 7.23. The van der Waals surface area contributed by atoms with E-state index >= 15 is 0 Å². The maximum atomic E-state index is 11.5. The molecule has 0 saturated carbocycles. The second-order valence-electron chi connectivity index (χ2n) is 6.52. The summed E-state index contributed by atoms with van der Waals surface area (Å²) < 4.78 is 24.7. The Bertz CT molecular complexity index is 1010. The zero-order chi connectivity index (χ0) is 18.9. The summed E-state index contributed by atoms with van der Waals surface area (Å²) in [4.78, 5) is 0.0585. The molecule has 1 aromatic heterocycles. The van der Waals surface area contributed by atoms with Crippen LogP contribution in [0.5, 0.6) is 0 Å². The molecular weight excluding hydrogens is 370 g/mol. The normalized spacial score (nSPS) is 11.9. The summed E-state index contributed by atoms with van der Waals surface area (Å²) in [5, 5.41) is 10.5. The molecule has 0 aliphatic carbocycles. The summed E-state index contributed by atoms with van der Waals surface area (Å²) in [7, 11) is -3.74. The maximum absolute atomic E-state index is 11.5. The Labute approximate surface area is 158 Å². The Kier molecular flexibility index (Phi) is 5.18. The van der Waals surface area contributed by atoms with E-state index in [4.69, 9.17) is 21.8 Å². The van der Waals surface area contributed by atoms with E-state index in [1.54, 1.807) is 16.8 Å². The van der Waals surface area contributed by atoms with Crippen molar-refractivity contribution in [3.8, 4) is 16.9 Å². The molecule has 0 atom stereocenters. The van der Waals surface area contributed by atoms with Crippen LogP contribution in [0.25, 0.3) is 16.9 Å². The van der Waals surface area contributed by atoms with Crippen LogP contribution in [-0.4, -0.2) is 18.2 Å². The molecule has 0 bridgehead atoms. The minimum Gasteiger partial charge on any atom is -0.231 e. The zero-order valence-electron chi connectivity index (χ0n) is 14.6. The number of hydrogen-bond donors (Lipinski definition) is 1. The number of nitrogens with zero attached hydrogens (tertiary/aromatic N) is 2. The van der Waals surface area contributed by atoms with E-state index in [0.717, 1.165) is 23.4 Å². The third-order valence-electron chi connectivity index (χ3n) is 3.95. The Hall–Kier alpha value is -2.15. The molecule has 0 aliphatic heterocycles. The van der Waals surface area contributed by atoms with Crippen molar-refractivity contribution in [2.45, 2.75) is 25.2 Å². The molecule has 5 nitrogen and oxygen atoms in total. The summed E-state index contributed by atoms with van der Waals surface area (Å²) in [5.41, 5.74) is 3.26. The Morgan fingerprint density at radius 1 is 1.08 bits per heavy atom. The van der Waals surface area contributed by atoms with E-state index in [-0.39, 0.29) is 4.90 Å². The average molecular weight is 390 g/mol. The fraction of sp³-hybridized carbons (Fsp3) is 0.211. The molecular formula is C19H20ClN3O2S. The van der Waals surface area contributed by atoms with Crippen molar-refractivity contribution >= 4 is 21.6 Å². The molecule has 0 amide bonds. The molecule has 0 spiro atoms. The van der Waals surface area contributed by atoms with E-state index < -0.39 is 10.0 Å². The topological polar surface area (TPSA) is 78.0 Å². The number of sulfonamides is 1. The standard InChI is InChI=1S/C19H20ClN3O2S/c1-13(2)12-17-18(20)19(14-6-4-3-5-7-14)23(22-17)15-8-10-16(11-9-15)26(21,24)25/h3-11,13H,12H2,1-2H3,(H2,21,24,25). The lowest BCUT2D eigenvalue weighted by Crippen LogP contribution is -2.12. The number of aromatic nitrogens is 2. The van der Waals surface area contributed by atoms with Gasteiger partial charge in [-0.3, -0.25) is 0 Å². The van der Waals surface area contributed by atoms with Gasteiger partial charge in [0, 0.05) is 5.56 Å². The first-order valence-corrected chi connectivity index (χ1v) is 10.2. The predicted octanol–water partition coefficient (Wildman–Crippen LogP) is 4.04. The summed E-state index contributed by atoms with van der Waals surface area (Å²) in [6.07, 6.45) is 0.751. The molecule has 0 unspecified atom stereocenters. The summed E-state index contributed by atoms with van der Waals surface area (Å²) >= 11 is 6.66. The minimum atomic E-state index is -3.74. The first kappa shape index (κ1) is 18.6. The highest BCUT2D eigenvalue weighted by atomic mass is 35.5. The fourth-order valence-corrected chi connectivity index (χ4v) is 3.59. The minimum absolute atomic E-state index is 0.0585. The van der Waals surface area contributed by atoms with E-state index in [0.29, 0.717) is 16.6 Å². The lowest BCUT2D eigenvalue weighted by atomic mass is 10.1. The quantitative estimate of drug-likeness (QED) is 0.715. The Morgan fingerprint density at radius 2 is 1.69 bits per heavy atom. The molecule has 0 radical (unpaired) electrons. The molecule has 2 aromatic carbocycles. The van der Waals surface area contributed by atoms with E-state index in [2.05, 4.69) is 13.8 Å². The van der Waals surface area contributed by atoms with Gasteiger partial charge in [-0.25, -0.2) is 18.2 Å². The number of rotatable bonds is 5. The van der Waals surface area contributed by atoms with E-state index in [1.165, 1.54) is 12.1 Å². The van der Waals surface area contributed by atoms with Gasteiger partial charge in [-0.15, -0.1) is 0 Å². The van der Waals surface area contributed by atoms with Gasteiger partial charge in [0.1, 0.15) is 0 Å². The summed E-state index contributed by atoms with van der Waals surface area (Å²) in [6.45, 7) is 4.22. The van der Waals surface area contributed by atoms with Gasteiger partial charge in [0.05, 0.1) is 27.0 Å². The molecule has 26 heavy (non-hydrogen) atoms. The van der Waals surface area contributed by atoms with Crippen LogP contribution < -0.4 is 5.14 Å². The number of nitrogens with two attached hydrogens (primary N) is 1. The average Bonchev–Trinajstić information content (AvgIpc) is 2.91. The van der Waals surface area contributed by atoms with Crippen molar-refractivity contribution in [2.75, 3.05) is 0 Å². The molecule has 3 rings (SSSR count). The van der Waals surface area contributed by atoms with Crippen LogP contribution in [0.15, 0.2) is 59.5 Å². The van der Waals surface area contributed by atoms with Crippen molar-refractivity contribution in [1.82, 2.24) is 9.78 Å². The fourth-order valence-electron chi connectivity index (χ4n) is 2.77. The molecule has 0 saturated heterocycles. The van der Waals surface area contributed by atoms with Crippen molar-refractivity contribution < 1.29 is 8.42 Å². The molecule has 136 valence electrons. The van der Waals surface area contributed by atoms with Gasteiger partial charge < -0.3 is 0 Å². The SMILES string of the molecule is CC(C)Cc1nn(-c2ccc(S(N)(=O)=O)cc2)c(-c2ccccc2)c1Cl. The highest BCUT2D eigenvalue weighted by Gasteiger charge is 2.20. The van der Waals surface area contributed by atoms with Crippen LogP contribution in [0.3, 0.4) is 0 Å². The lowest BCUT2D eigenvalue weighted by Gasteiger charge is -2.09. The lowest BCUT2D eigenvalue weighted by molar-refractivity contribution is 0.597. The molecule has 7 heteroatoms. The Balaban J connectivity index is 2.17. The third-order valence-corrected chi connectivity index (χ3v) is 5.28. The van der Waals surface area contributed by atoms with Crippen LogP contribution in [0.2, 0.25) is 5.02 Å². The van der Waals surface area contributed by atoms with Gasteiger partial charge in [-0.1, -0.05) is 55.8 Å². The second-order valence-corrected chi connectivity index (χ2v) is 8.46. The predicted molar refractivity (Wildman–Crippen MR) is 104 cm³/mol. The van der Waals surface area contributed by atoms with Crippen LogP contribution in [0.4, 0.5) is 0 Å². The maximum Gasteiger partial charge on any atom is 0.238 e. The molecule has 2 N–H and O–H groups in total. The van der Waals surface area contributed by atoms with Gasteiger partial charge in [0.15, 0.2) is 0 Å². The van der Waals surface area contributed by atoms with Crippen molar-refractivity contribution in [3.05, 3.63) is 65.3 Å². The highest BCUT2D eigenvalue weighted by molar-refractivity contribution is 7.89. The van der Waals surface area contributed by atoms with Gasteiger partial charge in [-0.2, -0.15) is 5.10 Å². The van der Waals surface area contributed by atoms with Crippen molar-refractivity contribution in [3.63, 3.8) is 0 Å². The van der Waals surface area contributed by atoms with Crippen LogP contribution in [-0.2, 0) is 16.4 Å². The smallest absolute Gasteiger partial charge is 0.231 e. The molecule has 3 aromatic rings. The van der Waals surface area contributed by atoms with Gasteiger partial charge in [0.25, 0.3) is 0 Å². The van der Waals surface area contributed by atoms with Crippen LogP contribution in [0.1, 0.15) is 19.5 Å². The first-order valence-electron chi connectivity index (χ1n) is 8.23. The van der Waals surface area contributed by atoms with Gasteiger partial charge >= 0.3 is 0 Å². The number of hydrogen-bond acceptors (Lipinski definition) is 3. The third kappa shape index (κ3) is 3.82. The molecule has 1 heterocycles. The van der Waals surface area contributed by atoms with Crippen LogP contribution >= 0.6 is 11.6 Å². The molecule has 0 fully saturated rings. The number of benzene rings is 2. The van der Waals surface area contributed by atoms with E-state index in [1.807, 2.05) is 30.3 Å². The van der Waals surface area contributed by atoms with E-state index in [9.17, 15) is 8.42 Å². The summed E-state index contributed by atoms with van der Waals surface area (Å²) in [6, 6.07) is 16.0. The zero-order valence-corrected chi connectivity index (χ0v) is 16.1. The molecule has 0 aliphatic rings. The van der Waals surface area contributed by atoms with Crippen molar-refractivity contribution in [2.24, 2.45) is 11.1 Å². The van der Waals surface area contributed by atoms with Gasteiger partial charge in [-0.05, 0) is 36.6 Å². The largest absolute Gasteiger partial charge is 0.238 e. The monoisotopic (exact) mass is 389 g/mol. The van der Waals surface area contributed by atoms with Crippen LogP contribution in [0, 0.1) is 5.92 Å².